The maximum absolute atomic E-state index is 12.1. The number of carbonyl (C=O) groups is 1. The highest BCUT2D eigenvalue weighted by molar-refractivity contribution is 7.99. The van der Waals surface area contributed by atoms with Gasteiger partial charge in [-0.3, -0.25) is 10.1 Å². The fraction of sp³-hybridized carbons (Fsp3) is 0.200. The van der Waals surface area contributed by atoms with Crippen molar-refractivity contribution in [2.75, 3.05) is 5.32 Å². The Kier molecular flexibility index (Phi) is 5.73. The number of nitrogens with one attached hydrogen (secondary N) is 1. The third kappa shape index (κ3) is 5.09. The van der Waals surface area contributed by atoms with E-state index >= 15 is 0 Å². The van der Waals surface area contributed by atoms with Crippen LogP contribution in [0.5, 0.6) is 5.75 Å². The second-order valence-corrected chi connectivity index (χ2v) is 7.06. The molecule has 118 valence electrons. The van der Waals surface area contributed by atoms with Crippen LogP contribution < -0.4 is 5.32 Å². The van der Waals surface area contributed by atoms with Crippen molar-refractivity contribution < 1.29 is 9.90 Å². The van der Waals surface area contributed by atoms with E-state index in [0.29, 0.717) is 21.1 Å². The summed E-state index contributed by atoms with van der Waals surface area (Å²) in [5.41, 5.74) is 0.590. The first-order valence-electron chi connectivity index (χ1n) is 6.70. The molecular formula is C15H14N4O2S2. The zero-order chi connectivity index (χ0) is 16.8. The van der Waals surface area contributed by atoms with Gasteiger partial charge in [-0.25, -0.2) is 0 Å². The van der Waals surface area contributed by atoms with Crippen molar-refractivity contribution in [3.05, 3.63) is 35.4 Å². The van der Waals surface area contributed by atoms with Crippen molar-refractivity contribution in [1.29, 1.82) is 5.26 Å². The molecule has 1 aromatic heterocycles. The Hall–Kier alpha value is -2.37. The maximum Gasteiger partial charge on any atom is 0.268 e. The molecule has 0 aliphatic rings. The Morgan fingerprint density at radius 3 is 2.74 bits per heavy atom. The summed E-state index contributed by atoms with van der Waals surface area (Å²) in [6.07, 6.45) is 1.44. The molecule has 0 unspecified atom stereocenters. The second kappa shape index (κ2) is 7.76. The molecule has 0 saturated heterocycles. The molecule has 0 aliphatic heterocycles. The van der Waals surface area contributed by atoms with Gasteiger partial charge in [-0.2, -0.15) is 14.6 Å². The van der Waals surface area contributed by atoms with E-state index in [1.54, 1.807) is 12.1 Å². The van der Waals surface area contributed by atoms with E-state index in [0.717, 1.165) is 11.5 Å². The van der Waals surface area contributed by atoms with E-state index < -0.39 is 5.91 Å². The summed E-state index contributed by atoms with van der Waals surface area (Å²) in [4.78, 5) is 16.3. The standard InChI is InChI=1S/C15H14N4O2S2/c1-9(2)22-15-18-14(23-19-15)17-13(21)11(8-16)7-10-3-5-12(20)6-4-10/h3-7,9,20H,1-2H3,(H,17,18,19,21)/b11-7-. The molecule has 0 bridgehead atoms. The highest BCUT2D eigenvalue weighted by Gasteiger charge is 2.13. The number of phenols is 1. The predicted molar refractivity (Wildman–Crippen MR) is 91.2 cm³/mol. The number of phenolic OH excluding ortho intramolecular Hbond substituents is 1. The number of rotatable bonds is 5. The average Bonchev–Trinajstić information content (AvgIpc) is 2.92. The second-order valence-electron chi connectivity index (χ2n) is 4.76. The molecule has 0 fully saturated rings. The van der Waals surface area contributed by atoms with Crippen molar-refractivity contribution in [2.45, 2.75) is 24.3 Å². The number of aromatic nitrogens is 2. The first-order valence-corrected chi connectivity index (χ1v) is 8.36. The summed E-state index contributed by atoms with van der Waals surface area (Å²) in [5.74, 6) is -0.424. The third-order valence-corrected chi connectivity index (χ3v) is 4.15. The molecule has 2 N–H and O–H groups in total. The molecule has 0 spiro atoms. The van der Waals surface area contributed by atoms with E-state index in [1.807, 2.05) is 19.9 Å². The van der Waals surface area contributed by atoms with E-state index in [1.165, 1.54) is 30.0 Å². The molecule has 0 atom stereocenters. The molecule has 1 heterocycles. The Morgan fingerprint density at radius 1 is 1.43 bits per heavy atom. The van der Waals surface area contributed by atoms with Crippen molar-refractivity contribution in [3.8, 4) is 11.8 Å². The summed E-state index contributed by atoms with van der Waals surface area (Å²) in [7, 11) is 0. The third-order valence-electron chi connectivity index (χ3n) is 2.54. The van der Waals surface area contributed by atoms with Gasteiger partial charge >= 0.3 is 0 Å². The molecule has 8 heteroatoms. The monoisotopic (exact) mass is 346 g/mol. The summed E-state index contributed by atoms with van der Waals surface area (Å²) in [6.45, 7) is 4.05. The number of anilines is 1. The van der Waals surface area contributed by atoms with Gasteiger partial charge in [0.05, 0.1) is 0 Å². The fourth-order valence-electron chi connectivity index (χ4n) is 1.57. The highest BCUT2D eigenvalue weighted by atomic mass is 32.2. The Bertz CT molecular complexity index is 761. The van der Waals surface area contributed by atoms with Crippen LogP contribution in [0.15, 0.2) is 35.0 Å². The van der Waals surface area contributed by atoms with Gasteiger partial charge in [0.15, 0.2) is 0 Å². The normalized spacial score (nSPS) is 11.3. The molecule has 1 aromatic carbocycles. The number of nitrogens with zero attached hydrogens (tertiary/aromatic N) is 3. The first kappa shape index (κ1) is 17.0. The van der Waals surface area contributed by atoms with Gasteiger partial charge in [0.2, 0.25) is 10.3 Å². The fourth-order valence-corrected chi connectivity index (χ4v) is 2.95. The van der Waals surface area contributed by atoms with Gasteiger partial charge in [0.25, 0.3) is 5.91 Å². The quantitative estimate of drug-likeness (QED) is 0.490. The van der Waals surface area contributed by atoms with Crippen LogP contribution in [0.1, 0.15) is 19.4 Å². The number of benzene rings is 1. The minimum Gasteiger partial charge on any atom is -0.508 e. The van der Waals surface area contributed by atoms with Crippen LogP contribution in [0.3, 0.4) is 0 Å². The molecule has 2 aromatic rings. The van der Waals surface area contributed by atoms with Gasteiger partial charge in [-0.1, -0.05) is 37.7 Å². The van der Waals surface area contributed by atoms with E-state index in [9.17, 15) is 9.90 Å². The van der Waals surface area contributed by atoms with Crippen LogP contribution in [-0.2, 0) is 4.79 Å². The summed E-state index contributed by atoms with van der Waals surface area (Å²) >= 11 is 2.57. The number of thioether (sulfide) groups is 1. The van der Waals surface area contributed by atoms with E-state index in [2.05, 4.69) is 14.7 Å². The molecule has 2 rings (SSSR count). The van der Waals surface area contributed by atoms with Gasteiger partial charge < -0.3 is 5.11 Å². The summed E-state index contributed by atoms with van der Waals surface area (Å²) < 4.78 is 4.14. The van der Waals surface area contributed by atoms with E-state index in [4.69, 9.17) is 5.26 Å². The number of carbonyl (C=O) groups excluding carboxylic acids is 1. The lowest BCUT2D eigenvalue weighted by Crippen LogP contribution is -2.13. The highest BCUT2D eigenvalue weighted by Crippen LogP contribution is 2.24. The van der Waals surface area contributed by atoms with Crippen molar-refractivity contribution in [2.24, 2.45) is 0 Å². The van der Waals surface area contributed by atoms with Crippen molar-refractivity contribution in [3.63, 3.8) is 0 Å². The van der Waals surface area contributed by atoms with Crippen LogP contribution in [0.2, 0.25) is 0 Å². The maximum atomic E-state index is 12.1. The number of hydrogen-bond acceptors (Lipinski definition) is 7. The smallest absolute Gasteiger partial charge is 0.268 e. The SMILES string of the molecule is CC(C)Sc1nsc(NC(=O)/C(C#N)=C\c2ccc(O)cc2)n1. The van der Waals surface area contributed by atoms with Crippen molar-refractivity contribution >= 4 is 40.4 Å². The molecule has 23 heavy (non-hydrogen) atoms. The van der Waals surface area contributed by atoms with Crippen molar-refractivity contribution in [1.82, 2.24) is 9.36 Å². The topological polar surface area (TPSA) is 98.9 Å². The Morgan fingerprint density at radius 2 is 2.13 bits per heavy atom. The van der Waals surface area contributed by atoms with Crippen LogP contribution in [-0.4, -0.2) is 25.6 Å². The zero-order valence-corrected chi connectivity index (χ0v) is 14.1. The molecule has 0 saturated carbocycles. The first-order chi connectivity index (χ1) is 11.0. The largest absolute Gasteiger partial charge is 0.508 e. The average molecular weight is 346 g/mol. The van der Waals surface area contributed by atoms with Crippen LogP contribution in [0, 0.1) is 11.3 Å². The lowest BCUT2D eigenvalue weighted by Gasteiger charge is -2.00. The molecule has 1 amide bonds. The molecule has 0 radical (unpaired) electrons. The molecular weight excluding hydrogens is 332 g/mol. The van der Waals surface area contributed by atoms with Crippen LogP contribution in [0.25, 0.3) is 6.08 Å². The van der Waals surface area contributed by atoms with Gasteiger partial charge in [-0.05, 0) is 23.8 Å². The lowest BCUT2D eigenvalue weighted by atomic mass is 10.1. The predicted octanol–water partition coefficient (Wildman–Crippen LogP) is 3.29. The van der Waals surface area contributed by atoms with Crippen LogP contribution >= 0.6 is 23.3 Å². The Labute approximate surface area is 142 Å². The van der Waals surface area contributed by atoms with Gasteiger partial charge in [-0.15, -0.1) is 0 Å². The van der Waals surface area contributed by atoms with Gasteiger partial charge in [0, 0.05) is 16.8 Å². The summed E-state index contributed by atoms with van der Waals surface area (Å²) in [6, 6.07) is 8.06. The minimum absolute atomic E-state index is 0.0519. The molecule has 0 aliphatic carbocycles. The number of nitriles is 1. The minimum atomic E-state index is -0.544. The number of aromatic hydroxyl groups is 1. The molecule has 6 nitrogen and oxygen atoms in total. The zero-order valence-electron chi connectivity index (χ0n) is 12.5. The van der Waals surface area contributed by atoms with Gasteiger partial charge in [0.1, 0.15) is 17.4 Å². The Balaban J connectivity index is 2.10. The van der Waals surface area contributed by atoms with E-state index in [-0.39, 0.29) is 11.3 Å². The van der Waals surface area contributed by atoms with Crippen LogP contribution in [0.4, 0.5) is 5.13 Å². The number of amides is 1. The number of hydrogen-bond donors (Lipinski definition) is 2. The summed E-state index contributed by atoms with van der Waals surface area (Å²) in [5, 5.41) is 22.3. The lowest BCUT2D eigenvalue weighted by molar-refractivity contribution is -0.112.